The fourth-order valence-electron chi connectivity index (χ4n) is 2.61. The fraction of sp³-hybridized carbons (Fsp3) is 0.789. The molecule has 0 radical (unpaired) electrons. The first-order valence-corrected chi connectivity index (χ1v) is 9.66. The second kappa shape index (κ2) is 13.8. The van der Waals surface area contributed by atoms with E-state index in [1.54, 1.807) is 13.8 Å². The molecule has 0 aliphatic heterocycles. The van der Waals surface area contributed by atoms with Crippen LogP contribution in [0.3, 0.4) is 0 Å². The summed E-state index contributed by atoms with van der Waals surface area (Å²) in [5.41, 5.74) is 0. The number of ether oxygens (including phenoxy) is 4. The Balaban J connectivity index is 5.45. The lowest BCUT2D eigenvalue weighted by Crippen LogP contribution is -2.37. The van der Waals surface area contributed by atoms with Gasteiger partial charge < -0.3 is 18.9 Å². The predicted octanol–water partition coefficient (Wildman–Crippen LogP) is 2.67. The van der Waals surface area contributed by atoms with Gasteiger partial charge in [-0.25, -0.2) is 4.79 Å². The smallest absolute Gasteiger partial charge is 0.376 e. The summed E-state index contributed by atoms with van der Waals surface area (Å²) in [5.74, 6) is -10.4. The van der Waals surface area contributed by atoms with E-state index in [0.29, 0.717) is 0 Å². The molecule has 0 aromatic rings. The monoisotopic (exact) mass is 424 g/mol. The zero-order chi connectivity index (χ0) is 22.4. The Morgan fingerprint density at radius 1 is 0.759 bits per heavy atom. The maximum Gasteiger partial charge on any atom is 0.376 e. The molecule has 0 aromatic carbocycles. The molecule has 0 aromatic heterocycles. The third kappa shape index (κ3) is 10.2. The Morgan fingerprint density at radius 3 is 1.72 bits per heavy atom. The molecule has 0 spiro atoms. The second-order valence-corrected chi connectivity index (χ2v) is 6.11. The van der Waals surface area contributed by atoms with Gasteiger partial charge in [0, 0.05) is 12.8 Å². The summed E-state index contributed by atoms with van der Waals surface area (Å²) in [4.78, 5) is 47.5. The van der Waals surface area contributed by atoms with Crippen LogP contribution >= 0.6 is 0 Å². The summed E-state index contributed by atoms with van der Waals surface area (Å²) in [6.07, 6.45) is -1.76. The number of esters is 4. The van der Waals surface area contributed by atoms with Crippen LogP contribution in [0, 0.1) is 11.8 Å². The van der Waals surface area contributed by atoms with Gasteiger partial charge in [0.05, 0.1) is 38.3 Å². The lowest BCUT2D eigenvalue weighted by atomic mass is 9.87. The van der Waals surface area contributed by atoms with Crippen LogP contribution in [0.2, 0.25) is 0 Å². The van der Waals surface area contributed by atoms with Crippen molar-refractivity contribution in [1.29, 1.82) is 0 Å². The predicted molar refractivity (Wildman–Crippen MR) is 96.9 cm³/mol. The summed E-state index contributed by atoms with van der Waals surface area (Å²) < 4.78 is 47.3. The van der Waals surface area contributed by atoms with Crippen LogP contribution in [-0.4, -0.2) is 56.2 Å². The molecule has 0 saturated heterocycles. The average Bonchev–Trinajstić information content (AvgIpc) is 2.64. The number of carbonyl (C=O) groups excluding carboxylic acids is 4. The molecule has 0 heterocycles. The molecule has 10 heteroatoms. The molecule has 0 saturated carbocycles. The molecule has 0 aliphatic rings. The standard InChI is InChI=1S/C19H30F2O8/c1-5-26-15(22)10-9-13(16(23)27-6-2)11-14(17(24)28-7-3)12-19(20,21)18(25)29-8-4/h13-14H,5-12H2,1-4H3. The topological polar surface area (TPSA) is 105 Å². The maximum absolute atomic E-state index is 14.2. The molecule has 0 bridgehead atoms. The highest BCUT2D eigenvalue weighted by atomic mass is 19.3. The third-order valence-corrected chi connectivity index (χ3v) is 3.89. The minimum Gasteiger partial charge on any atom is -0.466 e. The summed E-state index contributed by atoms with van der Waals surface area (Å²) in [6.45, 7) is 5.95. The third-order valence-electron chi connectivity index (χ3n) is 3.89. The lowest BCUT2D eigenvalue weighted by molar-refractivity contribution is -0.176. The van der Waals surface area contributed by atoms with E-state index in [1.807, 2.05) is 0 Å². The second-order valence-electron chi connectivity index (χ2n) is 6.11. The molecule has 2 unspecified atom stereocenters. The molecule has 0 fully saturated rings. The zero-order valence-electron chi connectivity index (χ0n) is 17.3. The summed E-state index contributed by atoms with van der Waals surface area (Å²) in [5, 5.41) is 0. The van der Waals surface area contributed by atoms with Crippen molar-refractivity contribution in [1.82, 2.24) is 0 Å². The van der Waals surface area contributed by atoms with Crippen molar-refractivity contribution in [3.8, 4) is 0 Å². The first kappa shape index (κ1) is 26.7. The molecule has 2 atom stereocenters. The van der Waals surface area contributed by atoms with Gasteiger partial charge in [0.2, 0.25) is 0 Å². The molecule has 0 rings (SSSR count). The Hall–Kier alpha value is -2.26. The number of halogens is 2. The van der Waals surface area contributed by atoms with Gasteiger partial charge in [-0.1, -0.05) is 0 Å². The van der Waals surface area contributed by atoms with Crippen LogP contribution in [0.1, 0.15) is 53.4 Å². The Bertz CT molecular complexity index is 550. The minimum absolute atomic E-state index is 0.0395. The van der Waals surface area contributed by atoms with Crippen LogP contribution in [0.25, 0.3) is 0 Å². The zero-order valence-corrected chi connectivity index (χ0v) is 17.3. The van der Waals surface area contributed by atoms with Gasteiger partial charge in [-0.15, -0.1) is 0 Å². The van der Waals surface area contributed by atoms with Crippen LogP contribution in [0.4, 0.5) is 8.78 Å². The first-order valence-electron chi connectivity index (χ1n) is 9.66. The molecule has 0 aliphatic carbocycles. The molecule has 0 N–H and O–H groups in total. The van der Waals surface area contributed by atoms with Gasteiger partial charge in [0.25, 0.3) is 0 Å². The van der Waals surface area contributed by atoms with Gasteiger partial charge in [-0.3, -0.25) is 14.4 Å². The van der Waals surface area contributed by atoms with Gasteiger partial charge in [0.1, 0.15) is 0 Å². The van der Waals surface area contributed by atoms with E-state index in [2.05, 4.69) is 4.74 Å². The molecular formula is C19H30F2O8. The van der Waals surface area contributed by atoms with E-state index in [9.17, 15) is 28.0 Å². The summed E-state index contributed by atoms with van der Waals surface area (Å²) in [6, 6.07) is 0. The van der Waals surface area contributed by atoms with E-state index in [1.165, 1.54) is 13.8 Å². The fourth-order valence-corrected chi connectivity index (χ4v) is 2.61. The molecule has 0 amide bonds. The van der Waals surface area contributed by atoms with Crippen molar-refractivity contribution in [2.24, 2.45) is 11.8 Å². The van der Waals surface area contributed by atoms with Crippen molar-refractivity contribution in [2.45, 2.75) is 59.3 Å². The normalized spacial score (nSPS) is 13.2. The van der Waals surface area contributed by atoms with Gasteiger partial charge in [0.15, 0.2) is 0 Å². The van der Waals surface area contributed by atoms with Crippen LogP contribution in [-0.2, 0) is 38.1 Å². The lowest BCUT2D eigenvalue weighted by Gasteiger charge is -2.24. The quantitative estimate of drug-likeness (QED) is 0.310. The van der Waals surface area contributed by atoms with Crippen molar-refractivity contribution in [2.75, 3.05) is 26.4 Å². The highest BCUT2D eigenvalue weighted by molar-refractivity contribution is 5.80. The molecular weight excluding hydrogens is 394 g/mol. The first-order chi connectivity index (χ1) is 13.6. The largest absolute Gasteiger partial charge is 0.466 e. The van der Waals surface area contributed by atoms with Crippen molar-refractivity contribution >= 4 is 23.9 Å². The molecule has 8 nitrogen and oxygen atoms in total. The Kier molecular flexibility index (Phi) is 12.8. The van der Waals surface area contributed by atoms with E-state index in [4.69, 9.17) is 14.2 Å². The van der Waals surface area contributed by atoms with Crippen molar-refractivity contribution in [3.05, 3.63) is 0 Å². The number of hydrogen-bond acceptors (Lipinski definition) is 8. The highest BCUT2D eigenvalue weighted by Gasteiger charge is 2.45. The van der Waals surface area contributed by atoms with Gasteiger partial charge >= 0.3 is 29.8 Å². The van der Waals surface area contributed by atoms with E-state index < -0.39 is 48.1 Å². The van der Waals surface area contributed by atoms with Gasteiger partial charge in [-0.05, 0) is 40.5 Å². The van der Waals surface area contributed by atoms with Crippen LogP contribution < -0.4 is 0 Å². The maximum atomic E-state index is 14.2. The summed E-state index contributed by atoms with van der Waals surface area (Å²) in [7, 11) is 0. The Morgan fingerprint density at radius 2 is 1.24 bits per heavy atom. The van der Waals surface area contributed by atoms with E-state index >= 15 is 0 Å². The number of rotatable bonds is 14. The summed E-state index contributed by atoms with van der Waals surface area (Å²) >= 11 is 0. The van der Waals surface area contributed by atoms with Crippen molar-refractivity contribution in [3.63, 3.8) is 0 Å². The number of alkyl halides is 2. The van der Waals surface area contributed by atoms with E-state index in [-0.39, 0.29) is 45.7 Å². The van der Waals surface area contributed by atoms with E-state index in [0.717, 1.165) is 0 Å². The number of hydrogen-bond donors (Lipinski definition) is 0. The number of carbonyl (C=O) groups is 4. The Labute approximate surface area is 169 Å². The van der Waals surface area contributed by atoms with Crippen molar-refractivity contribution < 1.29 is 46.9 Å². The molecule has 29 heavy (non-hydrogen) atoms. The highest BCUT2D eigenvalue weighted by Crippen LogP contribution is 2.31. The SMILES string of the molecule is CCOC(=O)CCC(CC(CC(F)(F)C(=O)OCC)C(=O)OCC)C(=O)OCC. The van der Waals surface area contributed by atoms with Crippen LogP contribution in [0.15, 0.2) is 0 Å². The molecule has 168 valence electrons. The van der Waals surface area contributed by atoms with Gasteiger partial charge in [-0.2, -0.15) is 8.78 Å². The van der Waals surface area contributed by atoms with Crippen LogP contribution in [0.5, 0.6) is 0 Å². The average molecular weight is 424 g/mol. The minimum atomic E-state index is -3.94.